The van der Waals surface area contributed by atoms with Crippen molar-refractivity contribution in [1.82, 2.24) is 9.80 Å². The highest BCUT2D eigenvalue weighted by Gasteiger charge is 2.34. The maximum absolute atomic E-state index is 10.2. The molecule has 0 aromatic heterocycles. The second kappa shape index (κ2) is 8.46. The Labute approximate surface area is 124 Å². The average Bonchev–Trinajstić information content (AvgIpc) is 2.77. The van der Waals surface area contributed by atoms with Gasteiger partial charge in [0.25, 0.3) is 0 Å². The molecule has 3 unspecified atom stereocenters. The molecule has 19 heavy (non-hydrogen) atoms. The molecule has 2 aliphatic rings. The molecule has 1 heterocycles. The largest absolute Gasteiger partial charge is 0.390 e. The summed E-state index contributed by atoms with van der Waals surface area (Å²) in [5.41, 5.74) is 0. The molecule has 114 valence electrons. The summed E-state index contributed by atoms with van der Waals surface area (Å²) < 4.78 is 0. The molecule has 1 aliphatic heterocycles. The number of hydrogen-bond acceptors (Lipinski definition) is 3. The molecule has 3 atom stereocenters. The smallest absolute Gasteiger partial charge is 0.0793 e. The zero-order valence-electron chi connectivity index (χ0n) is 12.6. The van der Waals surface area contributed by atoms with E-state index in [9.17, 15) is 5.11 Å². The van der Waals surface area contributed by atoms with Gasteiger partial charge in [0, 0.05) is 26.2 Å². The molecular formula is C15H31ClN2O. The number of likely N-dealkylation sites (tertiary alicyclic amines) is 1. The van der Waals surface area contributed by atoms with Gasteiger partial charge in [0.1, 0.15) is 0 Å². The second-order valence-corrected chi connectivity index (χ2v) is 6.16. The standard InChI is InChI=1S/C15H30N2O.ClH/c1-3-16(4-2)11-15(18)12-17-9-13-7-5-6-8-14(13)10-17;/h13-15,18H,3-12H2,1-2H3;1H. The van der Waals surface area contributed by atoms with Crippen LogP contribution in [0.3, 0.4) is 0 Å². The van der Waals surface area contributed by atoms with Crippen molar-refractivity contribution in [2.75, 3.05) is 39.3 Å². The number of rotatable bonds is 6. The molecule has 2 fully saturated rings. The fourth-order valence-corrected chi connectivity index (χ4v) is 3.79. The Morgan fingerprint density at radius 2 is 1.63 bits per heavy atom. The van der Waals surface area contributed by atoms with Crippen molar-refractivity contribution >= 4 is 12.4 Å². The fraction of sp³-hybridized carbons (Fsp3) is 1.00. The van der Waals surface area contributed by atoms with Crippen molar-refractivity contribution in [3.05, 3.63) is 0 Å². The highest BCUT2D eigenvalue weighted by atomic mass is 35.5. The number of halogens is 1. The van der Waals surface area contributed by atoms with E-state index in [1.165, 1.54) is 38.8 Å². The van der Waals surface area contributed by atoms with Gasteiger partial charge in [0.15, 0.2) is 0 Å². The lowest BCUT2D eigenvalue weighted by molar-refractivity contribution is 0.0833. The number of β-amino-alcohol motifs (C(OH)–C–C–N with tert-alkyl or cyclic N) is 1. The summed E-state index contributed by atoms with van der Waals surface area (Å²) in [6, 6.07) is 0. The summed E-state index contributed by atoms with van der Waals surface area (Å²) in [6.07, 6.45) is 5.53. The molecule has 1 aliphatic carbocycles. The van der Waals surface area contributed by atoms with Gasteiger partial charge in [0.2, 0.25) is 0 Å². The van der Waals surface area contributed by atoms with Crippen molar-refractivity contribution in [2.24, 2.45) is 11.8 Å². The first-order valence-corrected chi connectivity index (χ1v) is 7.85. The number of fused-ring (bicyclic) bond motifs is 1. The minimum atomic E-state index is -0.176. The van der Waals surface area contributed by atoms with Gasteiger partial charge in [-0.05, 0) is 37.8 Å². The molecule has 0 aromatic carbocycles. The SMILES string of the molecule is CCN(CC)CC(O)CN1CC2CCCCC2C1.Cl. The first-order chi connectivity index (χ1) is 8.72. The highest BCUT2D eigenvalue weighted by molar-refractivity contribution is 5.85. The van der Waals surface area contributed by atoms with Crippen LogP contribution >= 0.6 is 12.4 Å². The molecule has 4 heteroatoms. The van der Waals surface area contributed by atoms with E-state index in [-0.39, 0.29) is 18.5 Å². The Hall–Kier alpha value is 0.170. The van der Waals surface area contributed by atoms with Gasteiger partial charge in [-0.2, -0.15) is 0 Å². The third-order valence-corrected chi connectivity index (χ3v) is 4.88. The van der Waals surface area contributed by atoms with Crippen LogP contribution in [0.4, 0.5) is 0 Å². The van der Waals surface area contributed by atoms with Crippen molar-refractivity contribution < 1.29 is 5.11 Å². The maximum Gasteiger partial charge on any atom is 0.0793 e. The first-order valence-electron chi connectivity index (χ1n) is 7.85. The average molecular weight is 291 g/mol. The van der Waals surface area contributed by atoms with Crippen molar-refractivity contribution in [1.29, 1.82) is 0 Å². The Morgan fingerprint density at radius 3 is 2.11 bits per heavy atom. The summed E-state index contributed by atoms with van der Waals surface area (Å²) in [4.78, 5) is 4.82. The van der Waals surface area contributed by atoms with Crippen LogP contribution < -0.4 is 0 Å². The van der Waals surface area contributed by atoms with Gasteiger partial charge in [-0.15, -0.1) is 12.4 Å². The minimum absolute atomic E-state index is 0. The monoisotopic (exact) mass is 290 g/mol. The zero-order valence-corrected chi connectivity index (χ0v) is 13.4. The normalized spacial score (nSPS) is 29.1. The molecule has 2 rings (SSSR count). The molecule has 0 amide bonds. The highest BCUT2D eigenvalue weighted by Crippen LogP contribution is 2.35. The number of nitrogens with zero attached hydrogens (tertiary/aromatic N) is 2. The van der Waals surface area contributed by atoms with Crippen molar-refractivity contribution in [3.8, 4) is 0 Å². The quantitative estimate of drug-likeness (QED) is 0.813. The van der Waals surface area contributed by atoms with E-state index >= 15 is 0 Å². The van der Waals surface area contributed by atoms with Crippen molar-refractivity contribution in [2.45, 2.75) is 45.6 Å². The molecule has 1 N–H and O–H groups in total. The summed E-state index contributed by atoms with van der Waals surface area (Å²) in [7, 11) is 0. The number of aliphatic hydroxyl groups is 1. The van der Waals surface area contributed by atoms with E-state index in [0.717, 1.165) is 38.0 Å². The molecule has 1 saturated heterocycles. The van der Waals surface area contributed by atoms with Crippen LogP contribution in [0.15, 0.2) is 0 Å². The van der Waals surface area contributed by atoms with Crippen LogP contribution in [0.5, 0.6) is 0 Å². The van der Waals surface area contributed by atoms with Gasteiger partial charge >= 0.3 is 0 Å². The molecule has 0 aromatic rings. The third-order valence-electron chi connectivity index (χ3n) is 4.88. The molecule has 1 saturated carbocycles. The predicted octanol–water partition coefficient (Wildman–Crippen LogP) is 2.23. The Balaban J connectivity index is 0.00000180. The maximum atomic E-state index is 10.2. The van der Waals surface area contributed by atoms with Crippen LogP contribution in [0.25, 0.3) is 0 Å². The molecule has 3 nitrogen and oxygen atoms in total. The van der Waals surface area contributed by atoms with Gasteiger partial charge in [-0.25, -0.2) is 0 Å². The Morgan fingerprint density at radius 1 is 1.11 bits per heavy atom. The number of aliphatic hydroxyl groups excluding tert-OH is 1. The summed E-state index contributed by atoms with van der Waals surface area (Å²) >= 11 is 0. The van der Waals surface area contributed by atoms with E-state index < -0.39 is 0 Å². The molecule has 0 radical (unpaired) electrons. The van der Waals surface area contributed by atoms with Crippen LogP contribution in [0.2, 0.25) is 0 Å². The number of hydrogen-bond donors (Lipinski definition) is 1. The topological polar surface area (TPSA) is 26.7 Å². The van der Waals surface area contributed by atoms with Crippen LogP contribution in [0, 0.1) is 11.8 Å². The van der Waals surface area contributed by atoms with E-state index in [4.69, 9.17) is 0 Å². The molecular weight excluding hydrogens is 260 g/mol. The number of likely N-dealkylation sites (N-methyl/N-ethyl adjacent to an activating group) is 1. The third kappa shape index (κ3) is 4.89. The Bertz CT molecular complexity index is 234. The first kappa shape index (κ1) is 17.2. The van der Waals surface area contributed by atoms with Gasteiger partial charge in [0.05, 0.1) is 6.10 Å². The molecule has 0 bridgehead atoms. The lowest BCUT2D eigenvalue weighted by atomic mass is 9.82. The van der Waals surface area contributed by atoms with E-state index in [0.29, 0.717) is 0 Å². The zero-order chi connectivity index (χ0) is 13.0. The van der Waals surface area contributed by atoms with Gasteiger partial charge in [-0.1, -0.05) is 26.7 Å². The second-order valence-electron chi connectivity index (χ2n) is 6.16. The van der Waals surface area contributed by atoms with Crippen LogP contribution in [-0.2, 0) is 0 Å². The lowest BCUT2D eigenvalue weighted by Gasteiger charge is -2.25. The lowest BCUT2D eigenvalue weighted by Crippen LogP contribution is -2.39. The van der Waals surface area contributed by atoms with Crippen LogP contribution in [-0.4, -0.2) is 60.3 Å². The minimum Gasteiger partial charge on any atom is -0.390 e. The van der Waals surface area contributed by atoms with E-state index in [1.807, 2.05) is 0 Å². The summed E-state index contributed by atoms with van der Waals surface area (Å²) in [5, 5.41) is 10.2. The summed E-state index contributed by atoms with van der Waals surface area (Å²) in [5.74, 6) is 1.86. The predicted molar refractivity (Wildman–Crippen MR) is 82.9 cm³/mol. The van der Waals surface area contributed by atoms with Gasteiger partial charge in [-0.3, -0.25) is 0 Å². The Kier molecular flexibility index (Phi) is 7.66. The molecule has 0 spiro atoms. The van der Waals surface area contributed by atoms with E-state index in [2.05, 4.69) is 23.6 Å². The summed E-state index contributed by atoms with van der Waals surface area (Å²) in [6.45, 7) is 10.6. The van der Waals surface area contributed by atoms with Crippen LogP contribution in [0.1, 0.15) is 39.5 Å². The van der Waals surface area contributed by atoms with E-state index in [1.54, 1.807) is 0 Å². The van der Waals surface area contributed by atoms with Crippen molar-refractivity contribution in [3.63, 3.8) is 0 Å². The van der Waals surface area contributed by atoms with Gasteiger partial charge < -0.3 is 14.9 Å². The fourth-order valence-electron chi connectivity index (χ4n) is 3.79.